The number of alkyl halides is 3. The quantitative estimate of drug-likeness (QED) is 0.749. The highest BCUT2D eigenvalue weighted by Crippen LogP contribution is 2.33. The van der Waals surface area contributed by atoms with Crippen molar-refractivity contribution in [2.24, 2.45) is 17.8 Å². The first-order valence-corrected chi connectivity index (χ1v) is 9.39. The molecule has 0 unspecified atom stereocenters. The van der Waals surface area contributed by atoms with Gasteiger partial charge in [0.05, 0.1) is 18.3 Å². The molecule has 166 valence electrons. The average Bonchev–Trinajstić information content (AvgIpc) is 3.27. The summed E-state index contributed by atoms with van der Waals surface area (Å²) in [5, 5.41) is 10.1. The Morgan fingerprint density at radius 1 is 1.33 bits per heavy atom. The number of nitrogens with zero attached hydrogens (tertiary/aromatic N) is 2. The first kappa shape index (κ1) is 23.6. The molecule has 8 nitrogen and oxygen atoms in total. The molecule has 0 aromatic carbocycles. The minimum Gasteiger partial charge on any atom is -0.475 e. The van der Waals surface area contributed by atoms with Gasteiger partial charge in [-0.25, -0.2) is 4.79 Å². The molecule has 2 fully saturated rings. The van der Waals surface area contributed by atoms with Gasteiger partial charge in [0.1, 0.15) is 0 Å². The van der Waals surface area contributed by atoms with E-state index in [1.165, 1.54) is 0 Å². The summed E-state index contributed by atoms with van der Waals surface area (Å²) < 4.78 is 37.6. The predicted molar refractivity (Wildman–Crippen MR) is 98.4 cm³/mol. The van der Waals surface area contributed by atoms with E-state index in [2.05, 4.69) is 10.3 Å². The van der Waals surface area contributed by atoms with Crippen molar-refractivity contribution < 1.29 is 37.4 Å². The number of fused-ring (bicyclic) bond motifs is 1. The zero-order chi connectivity index (χ0) is 22.5. The number of halogens is 3. The van der Waals surface area contributed by atoms with Crippen molar-refractivity contribution in [3.63, 3.8) is 0 Å². The largest absolute Gasteiger partial charge is 0.490 e. The van der Waals surface area contributed by atoms with Gasteiger partial charge in [-0.3, -0.25) is 14.6 Å². The fourth-order valence-corrected chi connectivity index (χ4v) is 3.38. The van der Waals surface area contributed by atoms with E-state index in [1.807, 2.05) is 18.7 Å². The summed E-state index contributed by atoms with van der Waals surface area (Å²) >= 11 is 0. The molecule has 2 amide bonds. The van der Waals surface area contributed by atoms with E-state index >= 15 is 0 Å². The molecule has 3 rings (SSSR count). The van der Waals surface area contributed by atoms with Crippen LogP contribution in [0.2, 0.25) is 0 Å². The first-order chi connectivity index (χ1) is 14.0. The summed E-state index contributed by atoms with van der Waals surface area (Å²) in [5.41, 5.74) is 0.561. The smallest absolute Gasteiger partial charge is 0.475 e. The Morgan fingerprint density at radius 3 is 2.53 bits per heavy atom. The molecule has 3 heterocycles. The maximum absolute atomic E-state index is 12.1. The maximum atomic E-state index is 12.1. The van der Waals surface area contributed by atoms with Crippen LogP contribution in [0.25, 0.3) is 0 Å². The highest BCUT2D eigenvalue weighted by molar-refractivity contribution is 5.93. The Labute approximate surface area is 171 Å². The number of hydrogen-bond acceptors (Lipinski definition) is 5. The number of amides is 2. The summed E-state index contributed by atoms with van der Waals surface area (Å²) in [6.07, 6.45) is -1.77. The minimum absolute atomic E-state index is 0.0116. The highest BCUT2D eigenvalue weighted by Gasteiger charge is 2.45. The van der Waals surface area contributed by atoms with Gasteiger partial charge in [-0.15, -0.1) is 0 Å². The van der Waals surface area contributed by atoms with Gasteiger partial charge in [0.2, 0.25) is 5.91 Å². The topological polar surface area (TPSA) is 109 Å². The summed E-state index contributed by atoms with van der Waals surface area (Å²) in [6.45, 7) is 6.46. The Bertz CT molecular complexity index is 758. The lowest BCUT2D eigenvalue weighted by Crippen LogP contribution is -2.36. The Kier molecular flexibility index (Phi) is 7.77. The average molecular weight is 431 g/mol. The molecule has 30 heavy (non-hydrogen) atoms. The van der Waals surface area contributed by atoms with Crippen molar-refractivity contribution in [1.82, 2.24) is 15.2 Å². The number of nitrogens with one attached hydrogen (secondary N) is 1. The number of aliphatic carboxylic acids is 1. The monoisotopic (exact) mass is 431 g/mol. The highest BCUT2D eigenvalue weighted by atomic mass is 19.4. The Balaban J connectivity index is 0.000000396. The summed E-state index contributed by atoms with van der Waals surface area (Å²) in [4.78, 5) is 39.0. The second-order valence-electron chi connectivity index (χ2n) is 7.45. The lowest BCUT2D eigenvalue weighted by molar-refractivity contribution is -0.192. The summed E-state index contributed by atoms with van der Waals surface area (Å²) in [6, 6.07) is 3.49. The molecular weight excluding hydrogens is 407 g/mol. The van der Waals surface area contributed by atoms with Crippen LogP contribution < -0.4 is 5.32 Å². The van der Waals surface area contributed by atoms with Crippen molar-refractivity contribution in [3.8, 4) is 0 Å². The molecule has 11 heteroatoms. The van der Waals surface area contributed by atoms with E-state index in [1.54, 1.807) is 24.5 Å². The van der Waals surface area contributed by atoms with Crippen molar-refractivity contribution in [2.45, 2.75) is 26.1 Å². The number of likely N-dealkylation sites (tertiary alicyclic amines) is 1. The molecule has 0 spiro atoms. The van der Waals surface area contributed by atoms with Crippen LogP contribution in [0, 0.1) is 17.8 Å². The number of carboxylic acid groups (broad SMARTS) is 1. The standard InChI is InChI=1S/C17H23N3O3.C2HF3O2/c1-11(2)17(22)20-8-14-13(10-23-15(14)9-20)7-19-16(21)12-4-3-5-18-6-12;3-2(4,5)1(6)7/h3-6,11,13-15H,7-10H2,1-2H3,(H,19,21);(H,6,7)/t13-,14+,15+;/m0./s1. The number of carboxylic acids is 1. The minimum atomic E-state index is -5.08. The van der Waals surface area contributed by atoms with Crippen LogP contribution in [-0.4, -0.2) is 71.3 Å². The number of rotatable bonds is 4. The van der Waals surface area contributed by atoms with Crippen LogP contribution in [0.5, 0.6) is 0 Å². The molecule has 1 aromatic rings. The fourth-order valence-electron chi connectivity index (χ4n) is 3.38. The lowest BCUT2D eigenvalue weighted by Gasteiger charge is -2.21. The van der Waals surface area contributed by atoms with Crippen LogP contribution in [0.3, 0.4) is 0 Å². The Hall–Kier alpha value is -2.69. The normalized spacial score (nSPS) is 22.9. The van der Waals surface area contributed by atoms with Crippen molar-refractivity contribution in [1.29, 1.82) is 0 Å². The van der Waals surface area contributed by atoms with Gasteiger partial charge in [0.25, 0.3) is 5.91 Å². The number of ether oxygens (including phenoxy) is 1. The molecular formula is C19H24F3N3O5. The van der Waals surface area contributed by atoms with Crippen molar-refractivity contribution in [3.05, 3.63) is 30.1 Å². The predicted octanol–water partition coefficient (Wildman–Crippen LogP) is 1.57. The van der Waals surface area contributed by atoms with Crippen LogP contribution in [0.15, 0.2) is 24.5 Å². The van der Waals surface area contributed by atoms with Gasteiger partial charge < -0.3 is 20.1 Å². The summed E-state index contributed by atoms with van der Waals surface area (Å²) in [7, 11) is 0. The van der Waals surface area contributed by atoms with Gasteiger partial charge in [0.15, 0.2) is 0 Å². The van der Waals surface area contributed by atoms with Crippen molar-refractivity contribution >= 4 is 17.8 Å². The van der Waals surface area contributed by atoms with E-state index in [9.17, 15) is 22.8 Å². The zero-order valence-corrected chi connectivity index (χ0v) is 16.6. The van der Waals surface area contributed by atoms with E-state index in [0.717, 1.165) is 6.54 Å². The molecule has 2 aliphatic heterocycles. The second kappa shape index (κ2) is 9.88. The van der Waals surface area contributed by atoms with Crippen molar-refractivity contribution in [2.75, 3.05) is 26.2 Å². The van der Waals surface area contributed by atoms with Gasteiger partial charge in [-0.2, -0.15) is 13.2 Å². The van der Waals surface area contributed by atoms with Crippen LogP contribution in [0.4, 0.5) is 13.2 Å². The molecule has 0 aliphatic carbocycles. The molecule has 3 atom stereocenters. The second-order valence-corrected chi connectivity index (χ2v) is 7.45. The Morgan fingerprint density at radius 2 is 2.00 bits per heavy atom. The number of pyridine rings is 1. The molecule has 2 N–H and O–H groups in total. The molecule has 0 bridgehead atoms. The van der Waals surface area contributed by atoms with Gasteiger partial charge in [0, 0.05) is 49.8 Å². The fraction of sp³-hybridized carbons (Fsp3) is 0.579. The third-order valence-corrected chi connectivity index (χ3v) is 4.94. The number of carbonyl (C=O) groups is 3. The molecule has 0 radical (unpaired) electrons. The van der Waals surface area contributed by atoms with E-state index in [-0.39, 0.29) is 29.8 Å². The molecule has 2 aliphatic rings. The van der Waals surface area contributed by atoms with E-state index in [0.29, 0.717) is 31.2 Å². The molecule has 0 saturated carbocycles. The van der Waals surface area contributed by atoms with Gasteiger partial charge in [-0.05, 0) is 12.1 Å². The van der Waals surface area contributed by atoms with Gasteiger partial charge in [-0.1, -0.05) is 13.8 Å². The SMILES string of the molecule is CC(C)C(=O)N1C[C@@H]2[C@@H](CNC(=O)c3cccnc3)CO[C@@H]2C1.O=C(O)C(F)(F)F. The van der Waals surface area contributed by atoms with E-state index in [4.69, 9.17) is 14.6 Å². The third-order valence-electron chi connectivity index (χ3n) is 4.94. The lowest BCUT2D eigenvalue weighted by atomic mass is 9.93. The first-order valence-electron chi connectivity index (χ1n) is 9.39. The van der Waals surface area contributed by atoms with Crippen LogP contribution >= 0.6 is 0 Å². The zero-order valence-electron chi connectivity index (χ0n) is 16.6. The van der Waals surface area contributed by atoms with Crippen LogP contribution in [0.1, 0.15) is 24.2 Å². The van der Waals surface area contributed by atoms with E-state index < -0.39 is 12.1 Å². The number of hydrogen-bond donors (Lipinski definition) is 2. The number of carbonyl (C=O) groups excluding carboxylic acids is 2. The number of aromatic nitrogens is 1. The molecule has 1 aromatic heterocycles. The summed E-state index contributed by atoms with van der Waals surface area (Å²) in [5.74, 6) is -2.11. The molecule has 2 saturated heterocycles. The maximum Gasteiger partial charge on any atom is 0.490 e. The van der Waals surface area contributed by atoms with Gasteiger partial charge >= 0.3 is 12.1 Å². The third kappa shape index (κ3) is 6.15. The van der Waals surface area contributed by atoms with Crippen LogP contribution in [-0.2, 0) is 14.3 Å².